The van der Waals surface area contributed by atoms with E-state index in [-0.39, 0.29) is 0 Å². The molecule has 3 N–H and O–H groups in total. The number of methoxy groups -OCH3 is 1. The highest BCUT2D eigenvalue weighted by Gasteiger charge is 2.22. The highest BCUT2D eigenvalue weighted by Crippen LogP contribution is 2.27. The number of pyridine rings is 1. The first-order valence-electron chi connectivity index (χ1n) is 6.07. The first-order chi connectivity index (χ1) is 10.1. The van der Waals surface area contributed by atoms with Crippen LogP contribution in [0.4, 0.5) is 10.5 Å². The number of nitrogens with two attached hydrogens (primary N) is 1. The number of hydrogen-bond donors (Lipinski definition) is 2. The minimum atomic E-state index is -0.858. The molecule has 0 saturated heterocycles. The summed E-state index contributed by atoms with van der Waals surface area (Å²) >= 11 is 0. The molecular weight excluding hydrogens is 272 g/mol. The summed E-state index contributed by atoms with van der Waals surface area (Å²) < 4.78 is 5.20. The van der Waals surface area contributed by atoms with Gasteiger partial charge in [-0.15, -0.1) is 0 Å². The average molecular weight is 286 g/mol. The van der Waals surface area contributed by atoms with E-state index in [1.54, 1.807) is 24.3 Å². The lowest BCUT2D eigenvalue weighted by atomic mass is 10.2. The predicted octanol–water partition coefficient (Wildman–Crippen LogP) is 1.32. The molecule has 1 aromatic heterocycles. The van der Waals surface area contributed by atoms with Gasteiger partial charge >= 0.3 is 6.03 Å². The number of nitrogens with one attached hydrogen (secondary N) is 1. The maximum absolute atomic E-state index is 12.5. The number of hydrazine groups is 1. The molecular formula is C14H14N4O3. The predicted molar refractivity (Wildman–Crippen MR) is 76.8 cm³/mol. The Balaban J connectivity index is 2.43. The molecule has 0 radical (unpaired) electrons. The van der Waals surface area contributed by atoms with Crippen molar-refractivity contribution in [2.45, 2.75) is 0 Å². The van der Waals surface area contributed by atoms with Gasteiger partial charge in [-0.05, 0) is 24.3 Å². The van der Waals surface area contributed by atoms with Gasteiger partial charge in [0.1, 0.15) is 11.4 Å². The molecule has 1 heterocycles. The Morgan fingerprint density at radius 2 is 1.86 bits per heavy atom. The van der Waals surface area contributed by atoms with E-state index in [2.05, 4.69) is 10.4 Å². The number of anilines is 1. The topological polar surface area (TPSA) is 97.5 Å². The second-order valence-corrected chi connectivity index (χ2v) is 4.02. The second-order valence-electron chi connectivity index (χ2n) is 4.02. The number of aromatic nitrogens is 1. The minimum Gasteiger partial charge on any atom is -0.494 e. The van der Waals surface area contributed by atoms with E-state index < -0.39 is 11.9 Å². The fourth-order valence-electron chi connectivity index (χ4n) is 1.77. The maximum atomic E-state index is 12.5. The average Bonchev–Trinajstić information content (AvgIpc) is 2.52. The first kappa shape index (κ1) is 14.3. The van der Waals surface area contributed by atoms with E-state index in [1.807, 2.05) is 0 Å². The molecule has 0 aliphatic carbocycles. The van der Waals surface area contributed by atoms with E-state index in [0.717, 1.165) is 5.01 Å². The third-order valence-electron chi connectivity index (χ3n) is 2.68. The normalized spacial score (nSPS) is 9.76. The van der Waals surface area contributed by atoms with Crippen LogP contribution in [-0.2, 0) is 0 Å². The number of amides is 3. The summed E-state index contributed by atoms with van der Waals surface area (Å²) in [6, 6.07) is 8.98. The maximum Gasteiger partial charge on any atom is 0.331 e. The van der Waals surface area contributed by atoms with Gasteiger partial charge in [0.25, 0.3) is 5.91 Å². The summed E-state index contributed by atoms with van der Waals surface area (Å²) in [6.45, 7) is 0. The van der Waals surface area contributed by atoms with Gasteiger partial charge in [-0.25, -0.2) is 15.2 Å². The quantitative estimate of drug-likeness (QED) is 0.831. The fraction of sp³-hybridized carbons (Fsp3) is 0.0714. The Bertz CT molecular complexity index is 646. The molecule has 2 aromatic rings. The zero-order valence-electron chi connectivity index (χ0n) is 11.3. The monoisotopic (exact) mass is 286 g/mol. The Morgan fingerprint density at radius 3 is 2.48 bits per heavy atom. The molecule has 1 aromatic carbocycles. The van der Waals surface area contributed by atoms with Crippen LogP contribution in [-0.4, -0.2) is 24.0 Å². The zero-order valence-corrected chi connectivity index (χ0v) is 11.3. The van der Waals surface area contributed by atoms with Crippen molar-refractivity contribution in [3.63, 3.8) is 0 Å². The van der Waals surface area contributed by atoms with Crippen molar-refractivity contribution in [1.82, 2.24) is 10.4 Å². The number of para-hydroxylation sites is 2. The highest BCUT2D eigenvalue weighted by atomic mass is 16.5. The number of rotatable bonds is 3. The van der Waals surface area contributed by atoms with E-state index in [1.165, 1.54) is 31.6 Å². The number of ether oxygens (including phenoxy) is 1. The standard InChI is InChI=1S/C14H14N4O3/c1-21-12-5-3-2-4-11(12)18(17-14(15)20)13(19)10-6-8-16-9-7-10/h2-9H,1H3,(H3,15,17,20). The molecule has 2 rings (SSSR count). The van der Waals surface area contributed by atoms with Gasteiger partial charge in [-0.3, -0.25) is 9.78 Å². The van der Waals surface area contributed by atoms with Crippen LogP contribution in [0.15, 0.2) is 48.8 Å². The first-order valence-corrected chi connectivity index (χ1v) is 6.07. The van der Waals surface area contributed by atoms with Crippen LogP contribution in [0.5, 0.6) is 5.75 Å². The van der Waals surface area contributed by atoms with Crippen LogP contribution >= 0.6 is 0 Å². The molecule has 21 heavy (non-hydrogen) atoms. The number of urea groups is 1. The van der Waals surface area contributed by atoms with Crippen molar-refractivity contribution in [2.75, 3.05) is 12.1 Å². The summed E-state index contributed by atoms with van der Waals surface area (Å²) in [5.41, 5.74) is 8.16. The van der Waals surface area contributed by atoms with Crippen molar-refractivity contribution in [3.8, 4) is 5.75 Å². The van der Waals surface area contributed by atoms with Crippen LogP contribution in [0.25, 0.3) is 0 Å². The molecule has 0 unspecified atom stereocenters. The van der Waals surface area contributed by atoms with Crippen LogP contribution in [0, 0.1) is 0 Å². The lowest BCUT2D eigenvalue weighted by Gasteiger charge is -2.24. The molecule has 108 valence electrons. The number of carbonyl (C=O) groups is 2. The largest absolute Gasteiger partial charge is 0.494 e. The highest BCUT2D eigenvalue weighted by molar-refractivity contribution is 6.07. The fourth-order valence-corrected chi connectivity index (χ4v) is 1.77. The lowest BCUT2D eigenvalue weighted by molar-refractivity contribution is 0.0975. The van der Waals surface area contributed by atoms with E-state index in [9.17, 15) is 9.59 Å². The number of primary amides is 1. The number of hydrogen-bond acceptors (Lipinski definition) is 4. The van der Waals surface area contributed by atoms with Crippen molar-refractivity contribution in [2.24, 2.45) is 5.73 Å². The third kappa shape index (κ3) is 3.27. The van der Waals surface area contributed by atoms with Gasteiger partial charge < -0.3 is 10.5 Å². The van der Waals surface area contributed by atoms with Crippen LogP contribution in [0.3, 0.4) is 0 Å². The second kappa shape index (κ2) is 6.38. The summed E-state index contributed by atoms with van der Waals surface area (Å²) in [5.74, 6) is -0.0330. The number of carbonyl (C=O) groups excluding carboxylic acids is 2. The summed E-state index contributed by atoms with van der Waals surface area (Å²) in [5, 5.41) is 1.04. The third-order valence-corrected chi connectivity index (χ3v) is 2.68. The number of nitrogens with zero attached hydrogens (tertiary/aromatic N) is 2. The zero-order chi connectivity index (χ0) is 15.2. The van der Waals surface area contributed by atoms with Crippen molar-refractivity contribution in [3.05, 3.63) is 54.4 Å². The van der Waals surface area contributed by atoms with Crippen LogP contribution in [0.2, 0.25) is 0 Å². The molecule has 3 amide bonds. The molecule has 0 saturated carbocycles. The van der Waals surface area contributed by atoms with Crippen molar-refractivity contribution in [1.29, 1.82) is 0 Å². The summed E-state index contributed by atoms with van der Waals surface area (Å²) in [6.07, 6.45) is 2.97. The molecule has 0 aliphatic heterocycles. The van der Waals surface area contributed by atoms with Gasteiger partial charge in [-0.2, -0.15) is 0 Å². The lowest BCUT2D eigenvalue weighted by Crippen LogP contribution is -2.49. The van der Waals surface area contributed by atoms with E-state index >= 15 is 0 Å². The Morgan fingerprint density at radius 1 is 1.19 bits per heavy atom. The van der Waals surface area contributed by atoms with Gasteiger partial charge in [0.2, 0.25) is 0 Å². The van der Waals surface area contributed by atoms with Gasteiger partial charge in [0, 0.05) is 18.0 Å². The molecule has 0 bridgehead atoms. The summed E-state index contributed by atoms with van der Waals surface area (Å²) in [4.78, 5) is 27.6. The van der Waals surface area contributed by atoms with Crippen molar-refractivity contribution >= 4 is 17.6 Å². The molecule has 7 nitrogen and oxygen atoms in total. The smallest absolute Gasteiger partial charge is 0.331 e. The van der Waals surface area contributed by atoms with E-state index in [4.69, 9.17) is 10.5 Å². The molecule has 0 atom stereocenters. The molecule has 7 heteroatoms. The SMILES string of the molecule is COc1ccccc1N(NC(N)=O)C(=O)c1ccncc1. The van der Waals surface area contributed by atoms with Crippen LogP contribution in [0.1, 0.15) is 10.4 Å². The van der Waals surface area contributed by atoms with Crippen LogP contribution < -0.4 is 20.9 Å². The molecule has 0 spiro atoms. The molecule has 0 fully saturated rings. The Kier molecular flexibility index (Phi) is 4.35. The molecule has 0 aliphatic rings. The van der Waals surface area contributed by atoms with Gasteiger partial charge in [-0.1, -0.05) is 12.1 Å². The Hall–Kier alpha value is -3.09. The van der Waals surface area contributed by atoms with Gasteiger partial charge in [0.05, 0.1) is 7.11 Å². The van der Waals surface area contributed by atoms with E-state index in [0.29, 0.717) is 17.0 Å². The Labute approximate surface area is 121 Å². The summed E-state index contributed by atoms with van der Waals surface area (Å²) in [7, 11) is 1.47. The minimum absolute atomic E-state index is 0.352. The van der Waals surface area contributed by atoms with Crippen molar-refractivity contribution < 1.29 is 14.3 Å². The van der Waals surface area contributed by atoms with Gasteiger partial charge in [0.15, 0.2) is 0 Å². The number of benzene rings is 1.